The molecule has 0 unspecified atom stereocenters. The van der Waals surface area contributed by atoms with E-state index in [-0.39, 0.29) is 19.0 Å². The van der Waals surface area contributed by atoms with Crippen molar-refractivity contribution in [1.29, 1.82) is 0 Å². The lowest BCUT2D eigenvalue weighted by Gasteiger charge is -2.08. The number of pyridine rings is 1. The lowest BCUT2D eigenvalue weighted by molar-refractivity contribution is 0.0209. The molecule has 0 bridgehead atoms. The zero-order valence-corrected chi connectivity index (χ0v) is 7.00. The maximum Gasteiger partial charge on any atom is 0.262 e. The summed E-state index contributed by atoms with van der Waals surface area (Å²) in [6.07, 6.45) is 1.47. The molecule has 2 heterocycles. The Kier molecular flexibility index (Phi) is 2.00. The van der Waals surface area contributed by atoms with E-state index in [0.717, 1.165) is 0 Å². The minimum atomic E-state index is -2.58. The molecule has 1 aliphatic heterocycles. The van der Waals surface area contributed by atoms with Gasteiger partial charge in [-0.05, 0) is 12.1 Å². The van der Waals surface area contributed by atoms with Crippen LogP contribution in [0.1, 0.15) is 18.2 Å². The van der Waals surface area contributed by atoms with E-state index in [2.05, 4.69) is 10.3 Å². The maximum absolute atomic E-state index is 12.8. The van der Waals surface area contributed by atoms with Crippen molar-refractivity contribution in [3.63, 3.8) is 0 Å². The van der Waals surface area contributed by atoms with E-state index >= 15 is 0 Å². The Morgan fingerprint density at radius 2 is 2.31 bits per heavy atom. The molecule has 1 saturated heterocycles. The van der Waals surface area contributed by atoms with Crippen molar-refractivity contribution in [1.82, 2.24) is 10.3 Å². The van der Waals surface area contributed by atoms with Gasteiger partial charge in [0.2, 0.25) is 0 Å². The van der Waals surface area contributed by atoms with Crippen molar-refractivity contribution >= 4 is 0 Å². The van der Waals surface area contributed by atoms with Gasteiger partial charge in [-0.25, -0.2) is 8.78 Å². The second kappa shape index (κ2) is 3.03. The van der Waals surface area contributed by atoms with Crippen LogP contribution < -0.4 is 5.32 Å². The largest absolute Gasteiger partial charge is 0.303 e. The molecule has 1 aromatic heterocycles. The molecule has 1 aliphatic rings. The molecule has 0 amide bonds. The summed E-state index contributed by atoms with van der Waals surface area (Å²) in [4.78, 5) is 4.03. The van der Waals surface area contributed by atoms with Crippen LogP contribution in [0.4, 0.5) is 8.78 Å². The summed E-state index contributed by atoms with van der Waals surface area (Å²) >= 11 is 0. The average molecular weight is 184 g/mol. The monoisotopic (exact) mass is 184 g/mol. The summed E-state index contributed by atoms with van der Waals surface area (Å²) in [7, 11) is 0. The first-order chi connectivity index (χ1) is 6.17. The standard InChI is InChI=1S/C9H10F2N2/c10-9(11)5-8(13-6-9)7-3-1-2-4-12-7/h1-4,8,13H,5-6H2/t8-/m0/s1. The predicted molar refractivity (Wildman–Crippen MR) is 44.5 cm³/mol. The van der Waals surface area contributed by atoms with Crippen LogP contribution >= 0.6 is 0 Å². The van der Waals surface area contributed by atoms with E-state index in [1.165, 1.54) is 0 Å². The van der Waals surface area contributed by atoms with E-state index in [9.17, 15) is 8.78 Å². The minimum absolute atomic E-state index is 0.149. The second-order valence-electron chi connectivity index (χ2n) is 3.25. The molecular weight excluding hydrogens is 174 g/mol. The second-order valence-corrected chi connectivity index (χ2v) is 3.25. The highest BCUT2D eigenvalue weighted by molar-refractivity contribution is 5.11. The van der Waals surface area contributed by atoms with Crippen LogP contribution in [-0.2, 0) is 0 Å². The highest BCUT2D eigenvalue weighted by Gasteiger charge is 2.40. The summed E-state index contributed by atoms with van der Waals surface area (Å²) in [6.45, 7) is -0.242. The van der Waals surface area contributed by atoms with Crippen LogP contribution in [-0.4, -0.2) is 17.5 Å². The van der Waals surface area contributed by atoms with Crippen LogP contribution in [0.3, 0.4) is 0 Å². The number of hydrogen-bond donors (Lipinski definition) is 1. The zero-order chi connectivity index (χ0) is 9.31. The van der Waals surface area contributed by atoms with Gasteiger partial charge >= 0.3 is 0 Å². The Balaban J connectivity index is 2.13. The molecule has 0 spiro atoms. The van der Waals surface area contributed by atoms with Gasteiger partial charge in [-0.2, -0.15) is 0 Å². The Morgan fingerprint density at radius 3 is 2.85 bits per heavy atom. The maximum atomic E-state index is 12.8. The molecule has 4 heteroatoms. The Morgan fingerprint density at radius 1 is 1.46 bits per heavy atom. The molecule has 0 aromatic carbocycles. The van der Waals surface area contributed by atoms with E-state index in [1.54, 1.807) is 24.4 Å². The SMILES string of the molecule is FC1(F)CN[C@H](c2ccccn2)C1. The smallest absolute Gasteiger partial charge is 0.262 e. The van der Waals surface area contributed by atoms with E-state index in [0.29, 0.717) is 5.69 Å². The number of alkyl halides is 2. The van der Waals surface area contributed by atoms with Crippen LogP contribution in [0, 0.1) is 0 Å². The molecular formula is C9H10F2N2. The van der Waals surface area contributed by atoms with Gasteiger partial charge in [0, 0.05) is 12.6 Å². The van der Waals surface area contributed by atoms with Crippen LogP contribution in [0.5, 0.6) is 0 Å². The van der Waals surface area contributed by atoms with Crippen molar-refractivity contribution in [2.75, 3.05) is 6.54 Å². The summed E-state index contributed by atoms with van der Waals surface area (Å²) in [5.74, 6) is -2.58. The number of hydrogen-bond acceptors (Lipinski definition) is 2. The summed E-state index contributed by atoms with van der Waals surface area (Å²) in [6, 6.07) is 5.05. The third kappa shape index (κ3) is 1.83. The molecule has 2 rings (SSSR count). The molecule has 1 N–H and O–H groups in total. The first-order valence-corrected chi connectivity index (χ1v) is 4.19. The molecule has 1 fully saturated rings. The van der Waals surface area contributed by atoms with Gasteiger partial charge in [-0.15, -0.1) is 0 Å². The van der Waals surface area contributed by atoms with Crippen molar-refractivity contribution < 1.29 is 8.78 Å². The van der Waals surface area contributed by atoms with Crippen molar-refractivity contribution in [2.45, 2.75) is 18.4 Å². The molecule has 70 valence electrons. The first kappa shape index (κ1) is 8.56. The van der Waals surface area contributed by atoms with Gasteiger partial charge in [0.25, 0.3) is 5.92 Å². The van der Waals surface area contributed by atoms with Crippen molar-refractivity contribution in [2.24, 2.45) is 0 Å². The van der Waals surface area contributed by atoms with Gasteiger partial charge < -0.3 is 5.32 Å². The number of halogens is 2. The number of nitrogens with one attached hydrogen (secondary N) is 1. The van der Waals surface area contributed by atoms with Crippen LogP contribution in [0.25, 0.3) is 0 Å². The molecule has 1 aromatic rings. The van der Waals surface area contributed by atoms with E-state index < -0.39 is 5.92 Å². The first-order valence-electron chi connectivity index (χ1n) is 4.19. The van der Waals surface area contributed by atoms with Gasteiger partial charge in [-0.1, -0.05) is 6.07 Å². The minimum Gasteiger partial charge on any atom is -0.303 e. The number of rotatable bonds is 1. The molecule has 0 radical (unpaired) electrons. The highest BCUT2D eigenvalue weighted by Crippen LogP contribution is 2.32. The molecule has 0 saturated carbocycles. The quantitative estimate of drug-likeness (QED) is 0.719. The average Bonchev–Trinajstić information content (AvgIpc) is 2.48. The van der Waals surface area contributed by atoms with Gasteiger partial charge in [0.05, 0.1) is 18.3 Å². The summed E-state index contributed by atoms with van der Waals surface area (Å²) < 4.78 is 25.6. The predicted octanol–water partition coefficient (Wildman–Crippen LogP) is 1.75. The van der Waals surface area contributed by atoms with E-state index in [4.69, 9.17) is 0 Å². The van der Waals surface area contributed by atoms with Gasteiger partial charge in [0.1, 0.15) is 0 Å². The fourth-order valence-electron chi connectivity index (χ4n) is 1.51. The topological polar surface area (TPSA) is 24.9 Å². The Labute approximate surface area is 75.0 Å². The highest BCUT2D eigenvalue weighted by atomic mass is 19.3. The van der Waals surface area contributed by atoms with E-state index in [1.807, 2.05) is 0 Å². The lowest BCUT2D eigenvalue weighted by atomic mass is 10.1. The normalized spacial score (nSPS) is 26.2. The number of aromatic nitrogens is 1. The third-order valence-corrected chi connectivity index (χ3v) is 2.15. The fraction of sp³-hybridized carbons (Fsp3) is 0.444. The Bertz CT molecular complexity index is 287. The third-order valence-electron chi connectivity index (χ3n) is 2.15. The van der Waals surface area contributed by atoms with Crippen molar-refractivity contribution in [3.8, 4) is 0 Å². The molecule has 2 nitrogen and oxygen atoms in total. The summed E-state index contributed by atoms with van der Waals surface area (Å²) in [5.41, 5.74) is 0.694. The summed E-state index contributed by atoms with van der Waals surface area (Å²) in [5, 5.41) is 2.75. The molecule has 13 heavy (non-hydrogen) atoms. The zero-order valence-electron chi connectivity index (χ0n) is 7.00. The van der Waals surface area contributed by atoms with Crippen LogP contribution in [0.2, 0.25) is 0 Å². The molecule has 1 atom stereocenters. The molecule has 0 aliphatic carbocycles. The van der Waals surface area contributed by atoms with Gasteiger partial charge in [0.15, 0.2) is 0 Å². The fourth-order valence-corrected chi connectivity index (χ4v) is 1.51. The number of nitrogens with zero attached hydrogens (tertiary/aromatic N) is 1. The Hall–Kier alpha value is -1.03. The lowest BCUT2D eigenvalue weighted by Crippen LogP contribution is -2.19. The van der Waals surface area contributed by atoms with Gasteiger partial charge in [-0.3, -0.25) is 4.98 Å². The van der Waals surface area contributed by atoms with Crippen LogP contribution in [0.15, 0.2) is 24.4 Å². The van der Waals surface area contributed by atoms with Crippen molar-refractivity contribution in [3.05, 3.63) is 30.1 Å².